The van der Waals surface area contributed by atoms with Crippen LogP contribution in [0.4, 0.5) is 28.2 Å². The van der Waals surface area contributed by atoms with E-state index in [4.69, 9.17) is 26.1 Å². The van der Waals surface area contributed by atoms with E-state index in [1.54, 1.807) is 23.2 Å². The summed E-state index contributed by atoms with van der Waals surface area (Å²) < 4.78 is 70.5. The summed E-state index contributed by atoms with van der Waals surface area (Å²) in [5.41, 5.74) is -0.933. The molecule has 0 radical (unpaired) electrons. The van der Waals surface area contributed by atoms with Gasteiger partial charge in [0, 0.05) is 48.3 Å². The average Bonchev–Trinajstić information content (AvgIpc) is 3.72. The molecule has 2 aromatic heterocycles. The fourth-order valence-electron chi connectivity index (χ4n) is 8.76. The normalized spacial score (nSPS) is 25.2. The first kappa shape index (κ1) is 35.1. The van der Waals surface area contributed by atoms with Crippen molar-refractivity contribution in [2.24, 2.45) is 11.8 Å². The zero-order valence-corrected chi connectivity index (χ0v) is 30.1. The Morgan fingerprint density at radius 2 is 1.85 bits per heavy atom. The molecule has 4 aromatic rings. The molecule has 1 amide bonds. The van der Waals surface area contributed by atoms with E-state index >= 15 is 4.39 Å². The van der Waals surface area contributed by atoms with Crippen molar-refractivity contribution in [3.8, 4) is 17.3 Å². The molecule has 14 heteroatoms. The van der Waals surface area contributed by atoms with Crippen LogP contribution >= 0.6 is 11.6 Å². The lowest BCUT2D eigenvalue weighted by Crippen LogP contribution is -2.46. The van der Waals surface area contributed by atoms with Gasteiger partial charge in [0.25, 0.3) is 0 Å². The topological polar surface area (TPSA) is 83.9 Å². The van der Waals surface area contributed by atoms with Crippen LogP contribution in [0.5, 0.6) is 6.01 Å². The van der Waals surface area contributed by atoms with Gasteiger partial charge >= 0.3 is 18.3 Å². The van der Waals surface area contributed by atoms with Crippen molar-refractivity contribution < 1.29 is 31.8 Å². The summed E-state index contributed by atoms with van der Waals surface area (Å²) in [5.74, 6) is -1.49. The molecule has 9 nitrogen and oxygen atoms in total. The predicted molar refractivity (Wildman–Crippen MR) is 190 cm³/mol. The summed E-state index contributed by atoms with van der Waals surface area (Å²) in [5, 5.41) is 2.28. The van der Waals surface area contributed by atoms with Gasteiger partial charge in [0.15, 0.2) is 5.82 Å². The lowest BCUT2D eigenvalue weighted by Gasteiger charge is -2.34. The number of pyridine rings is 1. The van der Waals surface area contributed by atoms with Crippen LogP contribution < -0.4 is 9.64 Å². The largest absolute Gasteiger partial charge is 0.461 e. The summed E-state index contributed by atoms with van der Waals surface area (Å²) in [6.45, 7) is 7.53. The third kappa shape index (κ3) is 6.37. The Bertz CT molecular complexity index is 2040. The van der Waals surface area contributed by atoms with E-state index in [1.165, 1.54) is 0 Å². The molecule has 4 fully saturated rings. The number of nitrogens with zero attached hydrogens (tertiary/aromatic N) is 6. The highest BCUT2D eigenvalue weighted by atomic mass is 35.5. The smallest absolute Gasteiger partial charge is 0.410 e. The molecule has 2 unspecified atom stereocenters. The van der Waals surface area contributed by atoms with E-state index in [9.17, 15) is 18.0 Å². The monoisotopic (exact) mass is 740 g/mol. The Kier molecular flexibility index (Phi) is 8.67. The molecule has 4 saturated heterocycles. The van der Waals surface area contributed by atoms with Crippen LogP contribution in [0.15, 0.2) is 42.6 Å². The van der Waals surface area contributed by atoms with Crippen LogP contribution in [0.2, 0.25) is 5.02 Å². The first-order valence-electron chi connectivity index (χ1n) is 17.9. The second-order valence-electron chi connectivity index (χ2n) is 15.8. The molecule has 0 aliphatic carbocycles. The number of alkyl halides is 3. The van der Waals surface area contributed by atoms with E-state index in [0.717, 1.165) is 24.6 Å². The van der Waals surface area contributed by atoms with E-state index in [-0.39, 0.29) is 54.8 Å². The highest BCUT2D eigenvalue weighted by Gasteiger charge is 2.56. The van der Waals surface area contributed by atoms with Gasteiger partial charge in [-0.15, -0.1) is 0 Å². The van der Waals surface area contributed by atoms with Gasteiger partial charge in [-0.1, -0.05) is 41.9 Å². The van der Waals surface area contributed by atoms with Gasteiger partial charge in [0.05, 0.1) is 22.9 Å². The zero-order valence-electron chi connectivity index (χ0n) is 29.3. The SMILES string of the molecule is CC(C)(C)OC(=O)N1CC2CCN(c3nc(OC[C@@]45CCCN4C[C@@H](C(F)(F)F)C5)nc4c(F)c(-c5cccc6cccc(Cl)c56)ncc34)CC1C2. The van der Waals surface area contributed by atoms with E-state index in [1.807, 2.05) is 54.8 Å². The van der Waals surface area contributed by atoms with Gasteiger partial charge in [-0.2, -0.15) is 23.1 Å². The van der Waals surface area contributed by atoms with Crippen molar-refractivity contribution in [3.05, 3.63) is 53.4 Å². The number of anilines is 1. The summed E-state index contributed by atoms with van der Waals surface area (Å²) >= 11 is 6.62. The highest BCUT2D eigenvalue weighted by molar-refractivity contribution is 6.36. The van der Waals surface area contributed by atoms with Gasteiger partial charge < -0.3 is 19.3 Å². The summed E-state index contributed by atoms with van der Waals surface area (Å²) in [4.78, 5) is 32.9. The number of aromatic nitrogens is 3. The quantitative estimate of drug-likeness (QED) is 0.189. The van der Waals surface area contributed by atoms with Crippen molar-refractivity contribution >= 4 is 45.2 Å². The maximum Gasteiger partial charge on any atom is 0.410 e. The first-order chi connectivity index (χ1) is 24.7. The third-order valence-corrected chi connectivity index (χ3v) is 11.5. The number of hydrogen-bond donors (Lipinski definition) is 0. The Labute approximate surface area is 304 Å². The van der Waals surface area contributed by atoms with Crippen LogP contribution in [0, 0.1) is 17.7 Å². The molecule has 6 heterocycles. The van der Waals surface area contributed by atoms with Crippen molar-refractivity contribution in [2.45, 2.75) is 76.2 Å². The Balaban J connectivity index is 1.19. The molecular weight excluding hydrogens is 700 g/mol. The van der Waals surface area contributed by atoms with Crippen molar-refractivity contribution in [1.29, 1.82) is 0 Å². The number of likely N-dealkylation sites (tertiary alicyclic amines) is 1. The highest BCUT2D eigenvalue weighted by Crippen LogP contribution is 2.47. The molecule has 4 aliphatic rings. The Morgan fingerprint density at radius 1 is 1.06 bits per heavy atom. The third-order valence-electron chi connectivity index (χ3n) is 11.2. The van der Waals surface area contributed by atoms with Gasteiger partial charge in [-0.25, -0.2) is 9.18 Å². The van der Waals surface area contributed by atoms with Crippen LogP contribution in [0.1, 0.15) is 52.9 Å². The van der Waals surface area contributed by atoms with Crippen molar-refractivity contribution in [2.75, 3.05) is 44.2 Å². The molecule has 2 bridgehead atoms. The number of benzene rings is 2. The molecule has 0 N–H and O–H groups in total. The van der Waals surface area contributed by atoms with Crippen LogP contribution in [-0.4, -0.2) is 93.5 Å². The van der Waals surface area contributed by atoms with Crippen LogP contribution in [-0.2, 0) is 4.74 Å². The number of carbonyl (C=O) groups is 1. The fourth-order valence-corrected chi connectivity index (χ4v) is 9.05. The Hall–Kier alpha value is -3.97. The summed E-state index contributed by atoms with van der Waals surface area (Å²) in [6.07, 6.45) is -0.328. The van der Waals surface area contributed by atoms with Crippen LogP contribution in [0.3, 0.4) is 0 Å². The van der Waals surface area contributed by atoms with Gasteiger partial charge in [-0.3, -0.25) is 9.88 Å². The second-order valence-corrected chi connectivity index (χ2v) is 16.2. The number of rotatable bonds is 5. The zero-order chi connectivity index (χ0) is 36.6. The Morgan fingerprint density at radius 3 is 2.62 bits per heavy atom. The van der Waals surface area contributed by atoms with Crippen molar-refractivity contribution in [3.63, 3.8) is 0 Å². The molecule has 8 rings (SSSR count). The average molecular weight is 741 g/mol. The maximum atomic E-state index is 17.0. The lowest BCUT2D eigenvalue weighted by atomic mass is 9.90. The number of ether oxygens (including phenoxy) is 2. The molecule has 4 atom stereocenters. The number of carbonyl (C=O) groups excluding carboxylic acids is 1. The number of fused-ring (bicyclic) bond motifs is 5. The summed E-state index contributed by atoms with van der Waals surface area (Å²) in [6, 6.07) is 10.6. The van der Waals surface area contributed by atoms with E-state index < -0.39 is 29.1 Å². The van der Waals surface area contributed by atoms with Gasteiger partial charge in [0.1, 0.15) is 29.2 Å². The second kappa shape index (κ2) is 12.9. The minimum atomic E-state index is -4.31. The number of halogens is 5. The molecule has 0 saturated carbocycles. The number of hydrogen-bond acceptors (Lipinski definition) is 8. The lowest BCUT2D eigenvalue weighted by molar-refractivity contribution is -0.171. The molecule has 276 valence electrons. The van der Waals surface area contributed by atoms with E-state index in [0.29, 0.717) is 59.8 Å². The minimum Gasteiger partial charge on any atom is -0.461 e. The molecule has 4 aliphatic heterocycles. The minimum absolute atomic E-state index is 0.0205. The van der Waals surface area contributed by atoms with Gasteiger partial charge in [-0.05, 0) is 76.8 Å². The van der Waals surface area contributed by atoms with Crippen LogP contribution in [0.25, 0.3) is 32.9 Å². The maximum absolute atomic E-state index is 17.0. The van der Waals surface area contributed by atoms with E-state index in [2.05, 4.69) is 9.97 Å². The fraction of sp³-hybridized carbons (Fsp3) is 0.526. The predicted octanol–water partition coefficient (Wildman–Crippen LogP) is 8.27. The summed E-state index contributed by atoms with van der Waals surface area (Å²) in [7, 11) is 0. The molecule has 2 aromatic carbocycles. The molecular formula is C38H41ClF4N6O3. The van der Waals surface area contributed by atoms with Gasteiger partial charge in [0.2, 0.25) is 0 Å². The number of amides is 1. The van der Waals surface area contributed by atoms with Crippen molar-refractivity contribution in [1.82, 2.24) is 24.8 Å². The first-order valence-corrected chi connectivity index (χ1v) is 18.3. The standard InChI is InChI=1S/C38H41ClF4N6O3/c1-36(2,3)52-35(50)49-18-22-11-14-47(20-25(49)15-22)33-27-17-44-31(26-9-4-7-23-8-5-10-28(39)29(23)26)30(40)32(27)45-34(46-33)51-21-37-12-6-13-48(37)19-24(16-37)38(41,42)43/h4-5,7-10,17,22,24-25H,6,11-16,18-21H2,1-3H3/t22?,24-,25?,37-/m0/s1. The molecule has 52 heavy (non-hydrogen) atoms. The molecule has 0 spiro atoms.